The van der Waals surface area contributed by atoms with Gasteiger partial charge in [0.25, 0.3) is 0 Å². The van der Waals surface area contributed by atoms with Crippen molar-refractivity contribution in [1.82, 2.24) is 4.98 Å². The van der Waals surface area contributed by atoms with Gasteiger partial charge in [-0.15, -0.1) is 12.4 Å². The fourth-order valence-corrected chi connectivity index (χ4v) is 3.03. The average Bonchev–Trinajstić information content (AvgIpc) is 2.38. The lowest BCUT2D eigenvalue weighted by atomic mass is 9.83. The third-order valence-electron chi connectivity index (χ3n) is 3.62. The maximum atomic E-state index is 11.8. The van der Waals surface area contributed by atoms with Crippen molar-refractivity contribution in [3.63, 3.8) is 0 Å². The second kappa shape index (κ2) is 8.79. The number of pyridine rings is 1. The lowest BCUT2D eigenvalue weighted by molar-refractivity contribution is -0.146. The number of aromatic nitrogens is 1. The van der Waals surface area contributed by atoms with Gasteiger partial charge in [-0.3, -0.25) is 4.79 Å². The van der Waals surface area contributed by atoms with Gasteiger partial charge in [0.15, 0.2) is 0 Å². The Hall–Kier alpha value is -0.550. The summed E-state index contributed by atoms with van der Waals surface area (Å²) < 4.78 is 5.25. The van der Waals surface area contributed by atoms with E-state index in [2.05, 4.69) is 4.98 Å². The van der Waals surface area contributed by atoms with Gasteiger partial charge in [-0.25, -0.2) is 4.98 Å². The molecule has 0 bridgehead atoms. The quantitative estimate of drug-likeness (QED) is 0.661. The SMILES string of the molecule is Cl.N[C@H]1CCCC[C@H]1CC(=O)OCc1cc(Cl)nc(Cl)c1. The van der Waals surface area contributed by atoms with Crippen LogP contribution in [0.2, 0.25) is 10.3 Å². The second-order valence-corrected chi connectivity index (χ2v) is 5.97. The van der Waals surface area contributed by atoms with E-state index in [0.717, 1.165) is 31.2 Å². The monoisotopic (exact) mass is 352 g/mol. The largest absolute Gasteiger partial charge is 0.461 e. The standard InChI is InChI=1S/C14H18Cl2N2O2.ClH/c15-12-5-9(6-13(16)18-12)8-20-14(19)7-10-3-1-2-4-11(10)17;/h5-6,10-11H,1-4,7-8,17H2;1H/t10-,11-;/m0./s1. The molecule has 1 aromatic rings. The van der Waals surface area contributed by atoms with Crippen molar-refractivity contribution in [2.75, 3.05) is 0 Å². The van der Waals surface area contributed by atoms with Crippen LogP contribution >= 0.6 is 35.6 Å². The molecule has 118 valence electrons. The maximum absolute atomic E-state index is 11.8. The van der Waals surface area contributed by atoms with Crippen LogP contribution < -0.4 is 5.73 Å². The van der Waals surface area contributed by atoms with Gasteiger partial charge in [0, 0.05) is 12.5 Å². The Morgan fingerprint density at radius 3 is 2.52 bits per heavy atom. The molecule has 0 amide bonds. The molecule has 1 aliphatic rings. The summed E-state index contributed by atoms with van der Waals surface area (Å²) in [5.74, 6) is 0.0114. The Morgan fingerprint density at radius 2 is 1.90 bits per heavy atom. The number of carbonyl (C=O) groups excluding carboxylic acids is 1. The molecule has 21 heavy (non-hydrogen) atoms. The highest BCUT2D eigenvalue weighted by Gasteiger charge is 2.24. The molecule has 7 heteroatoms. The van der Waals surface area contributed by atoms with E-state index in [-0.39, 0.29) is 47.2 Å². The number of nitrogens with zero attached hydrogens (tertiary/aromatic N) is 1. The molecule has 1 saturated carbocycles. The van der Waals surface area contributed by atoms with Gasteiger partial charge in [0.05, 0.1) is 0 Å². The molecular formula is C14H19Cl3N2O2. The highest BCUT2D eigenvalue weighted by Crippen LogP contribution is 2.26. The van der Waals surface area contributed by atoms with Gasteiger partial charge in [0.2, 0.25) is 0 Å². The first-order valence-electron chi connectivity index (χ1n) is 6.78. The zero-order valence-corrected chi connectivity index (χ0v) is 13.9. The van der Waals surface area contributed by atoms with Crippen LogP contribution in [0.5, 0.6) is 0 Å². The molecule has 0 radical (unpaired) electrons. The zero-order chi connectivity index (χ0) is 14.5. The van der Waals surface area contributed by atoms with E-state index in [9.17, 15) is 4.79 Å². The van der Waals surface area contributed by atoms with Gasteiger partial charge in [-0.05, 0) is 36.5 Å². The zero-order valence-electron chi connectivity index (χ0n) is 11.6. The minimum Gasteiger partial charge on any atom is -0.461 e. The van der Waals surface area contributed by atoms with Crippen LogP contribution in [0.1, 0.15) is 37.7 Å². The second-order valence-electron chi connectivity index (χ2n) is 5.19. The molecule has 2 atom stereocenters. The molecule has 0 saturated heterocycles. The van der Waals surface area contributed by atoms with Crippen molar-refractivity contribution in [2.45, 2.75) is 44.8 Å². The molecule has 0 unspecified atom stereocenters. The molecular weight excluding hydrogens is 335 g/mol. The minimum atomic E-state index is -0.226. The summed E-state index contributed by atoms with van der Waals surface area (Å²) in [6, 6.07) is 3.38. The predicted octanol–water partition coefficient (Wildman–Crippen LogP) is 3.76. The number of carbonyl (C=O) groups is 1. The van der Waals surface area contributed by atoms with Gasteiger partial charge in [-0.2, -0.15) is 0 Å². The smallest absolute Gasteiger partial charge is 0.306 e. The molecule has 1 aliphatic carbocycles. The Morgan fingerprint density at radius 1 is 1.29 bits per heavy atom. The van der Waals surface area contributed by atoms with Crippen LogP contribution in [-0.2, 0) is 16.1 Å². The lowest BCUT2D eigenvalue weighted by Gasteiger charge is -2.27. The fourth-order valence-electron chi connectivity index (χ4n) is 2.52. The Labute approximate surface area is 140 Å². The highest BCUT2D eigenvalue weighted by atomic mass is 35.5. The number of halogens is 3. The maximum Gasteiger partial charge on any atom is 0.306 e. The summed E-state index contributed by atoms with van der Waals surface area (Å²) in [6.45, 7) is 0.156. The molecule has 1 aromatic heterocycles. The summed E-state index contributed by atoms with van der Waals surface area (Å²) in [5.41, 5.74) is 6.76. The van der Waals surface area contributed by atoms with E-state index in [0.29, 0.717) is 6.42 Å². The van der Waals surface area contributed by atoms with Gasteiger partial charge < -0.3 is 10.5 Å². The van der Waals surface area contributed by atoms with E-state index in [1.165, 1.54) is 0 Å². The number of rotatable bonds is 4. The van der Waals surface area contributed by atoms with Crippen molar-refractivity contribution in [2.24, 2.45) is 11.7 Å². The van der Waals surface area contributed by atoms with Crippen LogP contribution in [0.3, 0.4) is 0 Å². The Bertz CT molecular complexity index is 465. The molecule has 1 fully saturated rings. The summed E-state index contributed by atoms with van der Waals surface area (Å²) in [7, 11) is 0. The third kappa shape index (κ3) is 5.99. The van der Waals surface area contributed by atoms with Crippen LogP contribution in [0, 0.1) is 5.92 Å². The van der Waals surface area contributed by atoms with E-state index < -0.39 is 0 Å². The number of hydrogen-bond acceptors (Lipinski definition) is 4. The first-order valence-corrected chi connectivity index (χ1v) is 7.53. The van der Waals surface area contributed by atoms with Gasteiger partial charge in [-0.1, -0.05) is 36.0 Å². The lowest BCUT2D eigenvalue weighted by Crippen LogP contribution is -2.34. The molecule has 0 aromatic carbocycles. The summed E-state index contributed by atoms with van der Waals surface area (Å²) in [4.78, 5) is 15.7. The molecule has 4 nitrogen and oxygen atoms in total. The minimum absolute atomic E-state index is 0. The number of hydrogen-bond donors (Lipinski definition) is 1. The first kappa shape index (κ1) is 18.5. The van der Waals surface area contributed by atoms with E-state index >= 15 is 0 Å². The topological polar surface area (TPSA) is 65.2 Å². The third-order valence-corrected chi connectivity index (χ3v) is 4.01. The highest BCUT2D eigenvalue weighted by molar-refractivity contribution is 6.32. The van der Waals surface area contributed by atoms with Crippen LogP contribution in [-0.4, -0.2) is 17.0 Å². The first-order chi connectivity index (χ1) is 9.54. The van der Waals surface area contributed by atoms with Gasteiger partial charge >= 0.3 is 5.97 Å². The molecule has 1 heterocycles. The van der Waals surface area contributed by atoms with Crippen LogP contribution in [0.4, 0.5) is 0 Å². The van der Waals surface area contributed by atoms with Gasteiger partial charge in [0.1, 0.15) is 16.9 Å². The van der Waals surface area contributed by atoms with E-state index in [4.69, 9.17) is 33.7 Å². The summed E-state index contributed by atoms with van der Waals surface area (Å²) >= 11 is 11.6. The Kier molecular flexibility index (Phi) is 7.74. The molecule has 2 N–H and O–H groups in total. The van der Waals surface area contributed by atoms with E-state index in [1.54, 1.807) is 12.1 Å². The van der Waals surface area contributed by atoms with E-state index in [1.807, 2.05) is 0 Å². The number of ether oxygens (including phenoxy) is 1. The molecule has 0 aliphatic heterocycles. The fraction of sp³-hybridized carbons (Fsp3) is 0.571. The number of esters is 1. The van der Waals surface area contributed by atoms with Crippen LogP contribution in [0.25, 0.3) is 0 Å². The normalized spacial score (nSPS) is 21.5. The number of nitrogens with two attached hydrogens (primary N) is 1. The summed E-state index contributed by atoms with van der Waals surface area (Å²) in [6.07, 6.45) is 4.67. The van der Waals surface area contributed by atoms with Crippen LogP contribution in [0.15, 0.2) is 12.1 Å². The molecule has 0 spiro atoms. The van der Waals surface area contributed by atoms with Crippen molar-refractivity contribution in [3.05, 3.63) is 28.0 Å². The Balaban J connectivity index is 0.00000220. The van der Waals surface area contributed by atoms with Crippen molar-refractivity contribution in [3.8, 4) is 0 Å². The van der Waals surface area contributed by atoms with Crippen molar-refractivity contribution in [1.29, 1.82) is 0 Å². The van der Waals surface area contributed by atoms with Crippen molar-refractivity contribution >= 4 is 41.6 Å². The average molecular weight is 354 g/mol. The van der Waals surface area contributed by atoms with Crippen molar-refractivity contribution < 1.29 is 9.53 Å². The summed E-state index contributed by atoms with van der Waals surface area (Å²) in [5, 5.41) is 0.579. The predicted molar refractivity (Wildman–Crippen MR) is 85.9 cm³/mol. The molecule has 2 rings (SSSR count).